The lowest BCUT2D eigenvalue weighted by molar-refractivity contribution is 0.479. The van der Waals surface area contributed by atoms with Crippen molar-refractivity contribution >= 4 is 23.7 Å². The largest absolute Gasteiger partial charge is 0.417 e. The van der Waals surface area contributed by atoms with E-state index >= 15 is 0 Å². The summed E-state index contributed by atoms with van der Waals surface area (Å²) in [6, 6.07) is 5.81. The van der Waals surface area contributed by atoms with Crippen LogP contribution in [0.5, 0.6) is 0 Å². The second kappa shape index (κ2) is 5.20. The smallest absolute Gasteiger partial charge is 0.408 e. The Balaban J connectivity index is 2.25. The van der Waals surface area contributed by atoms with Crippen molar-refractivity contribution in [3.05, 3.63) is 34.3 Å². The summed E-state index contributed by atoms with van der Waals surface area (Å²) < 4.78 is 5.00. The summed E-state index contributed by atoms with van der Waals surface area (Å²) in [5.74, 6) is 0.414. The fourth-order valence-corrected chi connectivity index (χ4v) is 2.11. The maximum Gasteiger partial charge on any atom is 0.417 e. The molecule has 0 aliphatic rings. The maximum atomic E-state index is 11.1. The SMILES string of the molecule is CC(C)(CNCCS)c1ccc2oc(=O)[nH]c2c1. The van der Waals surface area contributed by atoms with E-state index in [-0.39, 0.29) is 5.41 Å². The van der Waals surface area contributed by atoms with E-state index in [1.165, 1.54) is 5.56 Å². The molecule has 0 amide bonds. The predicted octanol–water partition coefficient (Wildman–Crippen LogP) is 1.92. The van der Waals surface area contributed by atoms with E-state index in [1.807, 2.05) is 18.2 Å². The lowest BCUT2D eigenvalue weighted by atomic mass is 9.84. The number of aromatic amines is 1. The minimum atomic E-state index is -0.409. The summed E-state index contributed by atoms with van der Waals surface area (Å²) >= 11 is 4.17. The van der Waals surface area contributed by atoms with Gasteiger partial charge in [-0.2, -0.15) is 12.6 Å². The van der Waals surface area contributed by atoms with Crippen LogP contribution < -0.4 is 11.1 Å². The minimum absolute atomic E-state index is 0.00864. The van der Waals surface area contributed by atoms with E-state index in [4.69, 9.17) is 4.42 Å². The Morgan fingerprint density at radius 2 is 2.22 bits per heavy atom. The minimum Gasteiger partial charge on any atom is -0.408 e. The number of benzene rings is 1. The van der Waals surface area contributed by atoms with Crippen LogP contribution in [0.4, 0.5) is 0 Å². The van der Waals surface area contributed by atoms with E-state index < -0.39 is 5.76 Å². The molecule has 4 nitrogen and oxygen atoms in total. The molecule has 0 aliphatic heterocycles. The van der Waals surface area contributed by atoms with Gasteiger partial charge in [0.15, 0.2) is 5.58 Å². The van der Waals surface area contributed by atoms with Crippen LogP contribution in [0.1, 0.15) is 19.4 Å². The highest BCUT2D eigenvalue weighted by molar-refractivity contribution is 7.80. The van der Waals surface area contributed by atoms with Gasteiger partial charge < -0.3 is 9.73 Å². The molecular weight excluding hydrogens is 248 g/mol. The first-order chi connectivity index (χ1) is 8.53. The number of H-pyrrole nitrogens is 1. The standard InChI is InChI=1S/C13H18N2O2S/c1-13(2,8-14-5-6-18)9-3-4-11-10(7-9)15-12(16)17-11/h3-4,7,14,18H,5-6,8H2,1-2H3,(H,15,16). The summed E-state index contributed by atoms with van der Waals surface area (Å²) in [4.78, 5) is 13.8. The predicted molar refractivity (Wildman–Crippen MR) is 76.6 cm³/mol. The Labute approximate surface area is 111 Å². The van der Waals surface area contributed by atoms with Gasteiger partial charge in [0.25, 0.3) is 0 Å². The molecule has 0 radical (unpaired) electrons. The summed E-state index contributed by atoms with van der Waals surface area (Å²) in [6.45, 7) is 6.08. The Kier molecular flexibility index (Phi) is 3.82. The highest BCUT2D eigenvalue weighted by Crippen LogP contribution is 2.25. The second-order valence-electron chi connectivity index (χ2n) is 5.01. The zero-order chi connectivity index (χ0) is 13.2. The van der Waals surface area contributed by atoms with Gasteiger partial charge in [0.1, 0.15) is 0 Å². The van der Waals surface area contributed by atoms with Crippen molar-refractivity contribution in [2.75, 3.05) is 18.8 Å². The first kappa shape index (κ1) is 13.2. The van der Waals surface area contributed by atoms with Gasteiger partial charge in [0.05, 0.1) is 5.52 Å². The number of nitrogens with one attached hydrogen (secondary N) is 2. The van der Waals surface area contributed by atoms with Crippen LogP contribution in [0.15, 0.2) is 27.4 Å². The number of aromatic nitrogens is 1. The first-order valence-corrected chi connectivity index (χ1v) is 6.61. The van der Waals surface area contributed by atoms with E-state index in [9.17, 15) is 4.79 Å². The molecule has 98 valence electrons. The quantitative estimate of drug-likeness (QED) is 0.572. The molecule has 0 aliphatic carbocycles. The van der Waals surface area contributed by atoms with Crippen molar-refractivity contribution in [1.29, 1.82) is 0 Å². The van der Waals surface area contributed by atoms with Gasteiger partial charge in [-0.15, -0.1) is 0 Å². The molecule has 2 rings (SSSR count). The van der Waals surface area contributed by atoms with Gasteiger partial charge in [-0.3, -0.25) is 4.98 Å². The molecule has 1 aromatic heterocycles. The molecule has 1 heterocycles. The van der Waals surface area contributed by atoms with Gasteiger partial charge in [-0.05, 0) is 17.7 Å². The summed E-state index contributed by atoms with van der Waals surface area (Å²) in [6.07, 6.45) is 0. The molecule has 0 saturated carbocycles. The molecular formula is C13H18N2O2S. The van der Waals surface area contributed by atoms with Gasteiger partial charge in [-0.1, -0.05) is 19.9 Å². The van der Waals surface area contributed by atoms with Gasteiger partial charge in [0.2, 0.25) is 0 Å². The van der Waals surface area contributed by atoms with Crippen LogP contribution in [0, 0.1) is 0 Å². The number of rotatable bonds is 5. The fourth-order valence-electron chi connectivity index (χ4n) is 1.95. The highest BCUT2D eigenvalue weighted by atomic mass is 32.1. The molecule has 0 atom stereocenters. The molecule has 1 aromatic carbocycles. The van der Waals surface area contributed by atoms with Crippen molar-refractivity contribution in [3.8, 4) is 0 Å². The van der Waals surface area contributed by atoms with Crippen molar-refractivity contribution < 1.29 is 4.42 Å². The number of hydrogen-bond donors (Lipinski definition) is 3. The molecule has 2 aromatic rings. The van der Waals surface area contributed by atoms with E-state index in [2.05, 4.69) is 36.8 Å². The molecule has 0 saturated heterocycles. The zero-order valence-corrected chi connectivity index (χ0v) is 11.5. The Morgan fingerprint density at radius 3 is 2.94 bits per heavy atom. The third-order valence-corrected chi connectivity index (χ3v) is 3.28. The van der Waals surface area contributed by atoms with Gasteiger partial charge in [0, 0.05) is 24.3 Å². The lowest BCUT2D eigenvalue weighted by Crippen LogP contribution is -2.33. The van der Waals surface area contributed by atoms with Gasteiger partial charge in [-0.25, -0.2) is 4.79 Å². The van der Waals surface area contributed by atoms with E-state index in [1.54, 1.807) is 0 Å². The highest BCUT2D eigenvalue weighted by Gasteiger charge is 2.20. The van der Waals surface area contributed by atoms with E-state index in [0.717, 1.165) is 24.4 Å². The van der Waals surface area contributed by atoms with Crippen LogP contribution in [0.25, 0.3) is 11.1 Å². The molecule has 0 bridgehead atoms. The van der Waals surface area contributed by atoms with Crippen LogP contribution in [0.2, 0.25) is 0 Å². The van der Waals surface area contributed by atoms with E-state index in [0.29, 0.717) is 5.58 Å². The molecule has 0 unspecified atom stereocenters. The summed E-state index contributed by atoms with van der Waals surface area (Å²) in [7, 11) is 0. The molecule has 5 heteroatoms. The number of hydrogen-bond acceptors (Lipinski definition) is 4. The van der Waals surface area contributed by atoms with Crippen molar-refractivity contribution in [2.45, 2.75) is 19.3 Å². The van der Waals surface area contributed by atoms with Crippen molar-refractivity contribution in [3.63, 3.8) is 0 Å². The Morgan fingerprint density at radius 1 is 1.44 bits per heavy atom. The van der Waals surface area contributed by atoms with Crippen molar-refractivity contribution in [2.24, 2.45) is 0 Å². The van der Waals surface area contributed by atoms with Gasteiger partial charge >= 0.3 is 5.76 Å². The Bertz CT molecular complexity index is 586. The average Bonchev–Trinajstić information content (AvgIpc) is 2.68. The first-order valence-electron chi connectivity index (χ1n) is 5.98. The monoisotopic (exact) mass is 266 g/mol. The average molecular weight is 266 g/mol. The number of fused-ring (bicyclic) bond motifs is 1. The molecule has 0 spiro atoms. The normalized spacial score (nSPS) is 12.2. The van der Waals surface area contributed by atoms with Crippen LogP contribution in [-0.4, -0.2) is 23.8 Å². The molecule has 0 fully saturated rings. The third-order valence-electron chi connectivity index (χ3n) is 3.06. The molecule has 18 heavy (non-hydrogen) atoms. The third kappa shape index (κ3) is 2.79. The number of thiol groups is 1. The van der Waals surface area contributed by atoms with Crippen molar-refractivity contribution in [1.82, 2.24) is 10.3 Å². The maximum absolute atomic E-state index is 11.1. The van der Waals surface area contributed by atoms with Crippen LogP contribution in [-0.2, 0) is 5.41 Å². The van der Waals surface area contributed by atoms with Crippen LogP contribution in [0.3, 0.4) is 0 Å². The fraction of sp³-hybridized carbons (Fsp3) is 0.462. The number of oxazole rings is 1. The zero-order valence-electron chi connectivity index (χ0n) is 10.6. The molecule has 2 N–H and O–H groups in total. The second-order valence-corrected chi connectivity index (χ2v) is 5.46. The van der Waals surface area contributed by atoms with Crippen LogP contribution >= 0.6 is 12.6 Å². The lowest BCUT2D eigenvalue weighted by Gasteiger charge is -2.25. The topological polar surface area (TPSA) is 58.0 Å². The summed E-state index contributed by atoms with van der Waals surface area (Å²) in [5.41, 5.74) is 2.51. The summed E-state index contributed by atoms with van der Waals surface area (Å²) in [5, 5.41) is 3.36. The Hall–Kier alpha value is -1.20.